The van der Waals surface area contributed by atoms with Crippen LogP contribution in [0.4, 0.5) is 5.13 Å². The summed E-state index contributed by atoms with van der Waals surface area (Å²) in [5, 5.41) is 6.91. The normalized spacial score (nSPS) is 11.5. The van der Waals surface area contributed by atoms with Crippen LogP contribution in [0.5, 0.6) is 0 Å². The van der Waals surface area contributed by atoms with Crippen LogP contribution in [0.25, 0.3) is 10.2 Å². The van der Waals surface area contributed by atoms with Gasteiger partial charge in [0.15, 0.2) is 5.13 Å². The first-order valence-corrected chi connectivity index (χ1v) is 8.68. The zero-order chi connectivity index (χ0) is 17.9. The lowest BCUT2D eigenvalue weighted by Gasteiger charge is -2.23. The van der Waals surface area contributed by atoms with Gasteiger partial charge in [-0.1, -0.05) is 22.9 Å². The molecule has 0 aliphatic rings. The number of thiazole rings is 1. The van der Waals surface area contributed by atoms with E-state index in [0.717, 1.165) is 10.2 Å². The number of anilines is 1. The van der Waals surface area contributed by atoms with Gasteiger partial charge in [0.2, 0.25) is 11.8 Å². The lowest BCUT2D eigenvalue weighted by atomic mass is 10.1. The maximum atomic E-state index is 12.1. The molecule has 2 amide bonds. The Balaban J connectivity index is 1.90. The third-order valence-electron chi connectivity index (χ3n) is 3.17. The third kappa shape index (κ3) is 5.43. The molecule has 0 aliphatic carbocycles. The quantitative estimate of drug-likeness (QED) is 0.851. The van der Waals surface area contributed by atoms with E-state index in [1.54, 1.807) is 19.2 Å². The summed E-state index contributed by atoms with van der Waals surface area (Å²) in [6.07, 6.45) is 0. The van der Waals surface area contributed by atoms with E-state index in [2.05, 4.69) is 15.6 Å². The number of halogens is 1. The fourth-order valence-corrected chi connectivity index (χ4v) is 2.92. The predicted molar refractivity (Wildman–Crippen MR) is 98.7 cm³/mol. The third-order valence-corrected chi connectivity index (χ3v) is 4.36. The van der Waals surface area contributed by atoms with Crippen molar-refractivity contribution >= 4 is 50.1 Å². The minimum atomic E-state index is -0.285. The van der Waals surface area contributed by atoms with E-state index in [0.29, 0.717) is 10.2 Å². The lowest BCUT2D eigenvalue weighted by Crippen LogP contribution is -2.45. The highest BCUT2D eigenvalue weighted by Gasteiger charge is 2.17. The molecular weight excluding hydrogens is 348 g/mol. The molecule has 0 saturated carbocycles. The van der Waals surface area contributed by atoms with Gasteiger partial charge in [-0.05, 0) is 39.0 Å². The van der Waals surface area contributed by atoms with Gasteiger partial charge in [-0.15, -0.1) is 0 Å². The van der Waals surface area contributed by atoms with Crippen LogP contribution < -0.4 is 10.6 Å². The topological polar surface area (TPSA) is 74.3 Å². The van der Waals surface area contributed by atoms with Gasteiger partial charge in [0.1, 0.15) is 0 Å². The smallest absolute Gasteiger partial charge is 0.245 e. The standard InChI is InChI=1S/C16H21ClN4O2S/c1-16(2,3)18-8-14(23)21(4)9-13(22)20-15-19-11-7-10(17)5-6-12(11)24-15/h5-7,18H,8-9H2,1-4H3,(H,19,20,22). The molecule has 2 aromatic rings. The van der Waals surface area contributed by atoms with Gasteiger partial charge in [-0.2, -0.15) is 0 Å². The number of carbonyl (C=O) groups excluding carboxylic acids is 2. The number of rotatable bonds is 5. The molecule has 0 aliphatic heterocycles. The number of nitrogens with zero attached hydrogens (tertiary/aromatic N) is 2. The number of likely N-dealkylation sites (N-methyl/N-ethyl adjacent to an activating group) is 1. The summed E-state index contributed by atoms with van der Waals surface area (Å²) in [7, 11) is 1.60. The van der Waals surface area contributed by atoms with Crippen LogP contribution in [0.2, 0.25) is 5.02 Å². The number of nitrogens with one attached hydrogen (secondary N) is 2. The van der Waals surface area contributed by atoms with Gasteiger partial charge in [-0.25, -0.2) is 4.98 Å². The number of fused-ring (bicyclic) bond motifs is 1. The maximum absolute atomic E-state index is 12.1. The van der Waals surface area contributed by atoms with Gasteiger partial charge >= 0.3 is 0 Å². The van der Waals surface area contributed by atoms with Crippen LogP contribution in [0.15, 0.2) is 18.2 Å². The summed E-state index contributed by atoms with van der Waals surface area (Å²) in [6.45, 7) is 6.10. The Hall–Kier alpha value is -1.70. The van der Waals surface area contributed by atoms with E-state index in [9.17, 15) is 9.59 Å². The molecule has 1 aromatic heterocycles. The number of hydrogen-bond acceptors (Lipinski definition) is 5. The van der Waals surface area contributed by atoms with Gasteiger partial charge < -0.3 is 15.5 Å². The highest BCUT2D eigenvalue weighted by Crippen LogP contribution is 2.27. The van der Waals surface area contributed by atoms with Crippen LogP contribution in [-0.4, -0.2) is 47.4 Å². The van der Waals surface area contributed by atoms with E-state index in [-0.39, 0.29) is 30.4 Å². The van der Waals surface area contributed by atoms with E-state index < -0.39 is 0 Å². The molecule has 0 fully saturated rings. The van der Waals surface area contributed by atoms with Crippen molar-refractivity contribution in [2.24, 2.45) is 0 Å². The van der Waals surface area contributed by atoms with Gasteiger partial charge in [0, 0.05) is 17.6 Å². The van der Waals surface area contributed by atoms with Gasteiger partial charge in [0.25, 0.3) is 0 Å². The van der Waals surface area contributed by atoms with Crippen molar-refractivity contribution < 1.29 is 9.59 Å². The molecule has 0 saturated heterocycles. The first-order chi connectivity index (χ1) is 11.1. The molecule has 0 bridgehead atoms. The molecule has 130 valence electrons. The van der Waals surface area contributed by atoms with E-state index in [4.69, 9.17) is 11.6 Å². The summed E-state index contributed by atoms with van der Waals surface area (Å²) in [4.78, 5) is 29.8. The first kappa shape index (κ1) is 18.6. The van der Waals surface area contributed by atoms with Crippen molar-refractivity contribution in [2.45, 2.75) is 26.3 Å². The highest BCUT2D eigenvalue weighted by atomic mass is 35.5. The predicted octanol–water partition coefficient (Wildman–Crippen LogP) is 2.73. The van der Waals surface area contributed by atoms with Crippen LogP contribution in [0.1, 0.15) is 20.8 Å². The van der Waals surface area contributed by atoms with Crippen molar-refractivity contribution in [1.29, 1.82) is 0 Å². The molecule has 0 atom stereocenters. The molecular formula is C16H21ClN4O2S. The monoisotopic (exact) mass is 368 g/mol. The Morgan fingerprint density at radius 2 is 2.04 bits per heavy atom. The number of carbonyl (C=O) groups is 2. The highest BCUT2D eigenvalue weighted by molar-refractivity contribution is 7.22. The fraction of sp³-hybridized carbons (Fsp3) is 0.438. The van der Waals surface area contributed by atoms with Crippen molar-refractivity contribution in [3.8, 4) is 0 Å². The summed E-state index contributed by atoms with van der Waals surface area (Å²) < 4.78 is 0.938. The van der Waals surface area contributed by atoms with Crippen LogP contribution in [-0.2, 0) is 9.59 Å². The van der Waals surface area contributed by atoms with Crippen molar-refractivity contribution in [3.05, 3.63) is 23.2 Å². The second-order valence-corrected chi connectivity index (χ2v) is 8.00. The van der Waals surface area contributed by atoms with Gasteiger partial charge in [0.05, 0.1) is 23.3 Å². The summed E-state index contributed by atoms with van der Waals surface area (Å²) in [6, 6.07) is 5.39. The Morgan fingerprint density at radius 3 is 2.71 bits per heavy atom. The van der Waals surface area contributed by atoms with Crippen molar-refractivity contribution in [1.82, 2.24) is 15.2 Å². The number of aromatic nitrogens is 1. The molecule has 24 heavy (non-hydrogen) atoms. The van der Waals surface area contributed by atoms with Crippen molar-refractivity contribution in [2.75, 3.05) is 25.5 Å². The molecule has 1 aromatic carbocycles. The molecule has 6 nitrogen and oxygen atoms in total. The average molecular weight is 369 g/mol. The van der Waals surface area contributed by atoms with E-state index >= 15 is 0 Å². The van der Waals surface area contributed by atoms with Crippen LogP contribution >= 0.6 is 22.9 Å². The van der Waals surface area contributed by atoms with E-state index in [1.165, 1.54) is 16.2 Å². The number of hydrogen-bond donors (Lipinski definition) is 2. The Labute approximate surface area is 150 Å². The first-order valence-electron chi connectivity index (χ1n) is 7.49. The summed E-state index contributed by atoms with van der Waals surface area (Å²) in [5.74, 6) is -0.428. The minimum Gasteiger partial charge on any atom is -0.335 e. The minimum absolute atomic E-state index is 0.0265. The second-order valence-electron chi connectivity index (χ2n) is 6.53. The zero-order valence-electron chi connectivity index (χ0n) is 14.1. The molecule has 0 unspecified atom stereocenters. The molecule has 0 spiro atoms. The maximum Gasteiger partial charge on any atom is 0.245 e. The van der Waals surface area contributed by atoms with E-state index in [1.807, 2.05) is 26.8 Å². The van der Waals surface area contributed by atoms with Crippen LogP contribution in [0.3, 0.4) is 0 Å². The molecule has 2 N–H and O–H groups in total. The average Bonchev–Trinajstić information content (AvgIpc) is 2.84. The van der Waals surface area contributed by atoms with Crippen LogP contribution in [0, 0.1) is 0 Å². The molecule has 8 heteroatoms. The molecule has 2 rings (SSSR count). The second kappa shape index (κ2) is 7.46. The number of amides is 2. The summed E-state index contributed by atoms with van der Waals surface area (Å²) in [5.41, 5.74) is 0.586. The summed E-state index contributed by atoms with van der Waals surface area (Å²) >= 11 is 7.29. The Morgan fingerprint density at radius 1 is 1.33 bits per heavy atom. The Bertz CT molecular complexity index is 754. The number of benzene rings is 1. The zero-order valence-corrected chi connectivity index (χ0v) is 15.7. The molecule has 1 heterocycles. The van der Waals surface area contributed by atoms with Gasteiger partial charge in [-0.3, -0.25) is 9.59 Å². The fourth-order valence-electron chi connectivity index (χ4n) is 1.89. The lowest BCUT2D eigenvalue weighted by molar-refractivity contribution is -0.132. The molecule has 0 radical (unpaired) electrons. The van der Waals surface area contributed by atoms with Crippen molar-refractivity contribution in [3.63, 3.8) is 0 Å². The SMILES string of the molecule is CN(CC(=O)Nc1nc2cc(Cl)ccc2s1)C(=O)CNC(C)(C)C. The largest absolute Gasteiger partial charge is 0.335 e. The Kier molecular flexibility index (Phi) is 5.79.